The van der Waals surface area contributed by atoms with Gasteiger partial charge in [0.1, 0.15) is 0 Å². The number of halogens is 2. The van der Waals surface area contributed by atoms with E-state index >= 15 is 0 Å². The van der Waals surface area contributed by atoms with Crippen LogP contribution in [0, 0.1) is 0 Å². The first-order chi connectivity index (χ1) is 9.88. The van der Waals surface area contributed by atoms with E-state index in [1.54, 1.807) is 24.3 Å². The molecular weight excluding hydrogens is 309 g/mol. The molecule has 0 saturated carbocycles. The molecule has 6 heteroatoms. The molecule has 2 rings (SSSR count). The molecule has 0 unspecified atom stereocenters. The zero-order valence-electron chi connectivity index (χ0n) is 11.7. The second-order valence-corrected chi connectivity index (χ2v) is 5.57. The number of nitrogens with two attached hydrogens (primary N) is 1. The number of carbonyl (C=O) groups excluding carboxylic acids is 1. The van der Waals surface area contributed by atoms with E-state index in [0.717, 1.165) is 5.69 Å². The third-order valence-electron chi connectivity index (χ3n) is 2.95. The molecule has 0 spiro atoms. The van der Waals surface area contributed by atoms with Crippen LogP contribution in [-0.2, 0) is 0 Å². The highest BCUT2D eigenvalue weighted by Crippen LogP contribution is 2.28. The zero-order valence-corrected chi connectivity index (χ0v) is 13.2. The quantitative estimate of drug-likeness (QED) is 0.842. The van der Waals surface area contributed by atoms with Crippen LogP contribution in [0.2, 0.25) is 10.0 Å². The van der Waals surface area contributed by atoms with Crippen molar-refractivity contribution in [2.75, 3.05) is 30.0 Å². The minimum absolute atomic E-state index is 0.273. The third-order valence-corrected chi connectivity index (χ3v) is 3.58. The molecule has 21 heavy (non-hydrogen) atoms. The van der Waals surface area contributed by atoms with Crippen molar-refractivity contribution in [3.8, 4) is 0 Å². The van der Waals surface area contributed by atoms with E-state index < -0.39 is 0 Å². The smallest absolute Gasteiger partial charge is 0.255 e. The molecule has 0 saturated heterocycles. The summed E-state index contributed by atoms with van der Waals surface area (Å²) in [4.78, 5) is 14.0. The van der Waals surface area contributed by atoms with Gasteiger partial charge in [-0.1, -0.05) is 23.2 Å². The lowest BCUT2D eigenvalue weighted by Gasteiger charge is -2.15. The summed E-state index contributed by atoms with van der Waals surface area (Å²) in [5.41, 5.74) is 7.98. The van der Waals surface area contributed by atoms with E-state index in [4.69, 9.17) is 28.9 Å². The second kappa shape index (κ2) is 6.24. The highest BCUT2D eigenvalue weighted by Gasteiger charge is 2.10. The fourth-order valence-electron chi connectivity index (χ4n) is 1.82. The maximum Gasteiger partial charge on any atom is 0.255 e. The van der Waals surface area contributed by atoms with Gasteiger partial charge in [-0.3, -0.25) is 4.79 Å². The van der Waals surface area contributed by atoms with Crippen LogP contribution in [0.25, 0.3) is 0 Å². The lowest BCUT2D eigenvalue weighted by Crippen LogP contribution is -2.13. The van der Waals surface area contributed by atoms with E-state index in [0.29, 0.717) is 27.0 Å². The largest absolute Gasteiger partial charge is 0.398 e. The summed E-state index contributed by atoms with van der Waals surface area (Å²) >= 11 is 12.1. The lowest BCUT2D eigenvalue weighted by atomic mass is 10.2. The average molecular weight is 324 g/mol. The van der Waals surface area contributed by atoms with Gasteiger partial charge >= 0.3 is 0 Å². The standard InChI is InChI=1S/C15H15Cl2N3O/c1-20(2)14-6-4-10(8-12(14)17)19-15(21)9-3-5-13(18)11(16)7-9/h3-8H,18H2,1-2H3,(H,19,21). The normalized spacial score (nSPS) is 10.3. The molecule has 0 atom stereocenters. The van der Waals surface area contributed by atoms with Gasteiger partial charge in [0.2, 0.25) is 0 Å². The molecule has 4 nitrogen and oxygen atoms in total. The van der Waals surface area contributed by atoms with Crippen molar-refractivity contribution in [2.45, 2.75) is 0 Å². The van der Waals surface area contributed by atoms with Crippen LogP contribution in [0.1, 0.15) is 10.4 Å². The number of hydrogen-bond donors (Lipinski definition) is 2. The fourth-order valence-corrected chi connectivity index (χ4v) is 2.35. The number of benzene rings is 2. The summed E-state index contributed by atoms with van der Waals surface area (Å²) < 4.78 is 0. The molecule has 0 fully saturated rings. The van der Waals surface area contributed by atoms with Gasteiger partial charge < -0.3 is 16.0 Å². The van der Waals surface area contributed by atoms with Gasteiger partial charge in [-0.05, 0) is 36.4 Å². The Hall–Kier alpha value is -1.91. The molecule has 3 N–H and O–H groups in total. The van der Waals surface area contributed by atoms with Gasteiger partial charge in [0.05, 0.1) is 21.4 Å². The van der Waals surface area contributed by atoms with Crippen LogP contribution in [0.3, 0.4) is 0 Å². The Morgan fingerprint density at radius 2 is 1.81 bits per heavy atom. The SMILES string of the molecule is CN(C)c1ccc(NC(=O)c2ccc(N)c(Cl)c2)cc1Cl. The number of hydrogen-bond acceptors (Lipinski definition) is 3. The van der Waals surface area contributed by atoms with E-state index in [9.17, 15) is 4.79 Å². The number of nitrogens with one attached hydrogen (secondary N) is 1. The van der Waals surface area contributed by atoms with Crippen molar-refractivity contribution in [1.82, 2.24) is 0 Å². The summed E-state index contributed by atoms with van der Waals surface area (Å²) in [7, 11) is 3.80. The molecule has 0 bridgehead atoms. The highest BCUT2D eigenvalue weighted by atomic mass is 35.5. The molecule has 0 aliphatic heterocycles. The molecule has 0 aliphatic rings. The maximum atomic E-state index is 12.1. The topological polar surface area (TPSA) is 58.4 Å². The number of carbonyl (C=O) groups is 1. The molecule has 2 aromatic rings. The van der Waals surface area contributed by atoms with Gasteiger partial charge in [-0.25, -0.2) is 0 Å². The van der Waals surface area contributed by atoms with Crippen LogP contribution in [0.4, 0.5) is 17.1 Å². The molecule has 0 heterocycles. The summed E-state index contributed by atoms with van der Waals surface area (Å²) in [5, 5.41) is 3.68. The van der Waals surface area contributed by atoms with Gasteiger partial charge in [-0.15, -0.1) is 0 Å². The van der Waals surface area contributed by atoms with E-state index in [1.165, 1.54) is 6.07 Å². The Balaban J connectivity index is 2.19. The molecular formula is C15H15Cl2N3O. The van der Waals surface area contributed by atoms with Crippen molar-refractivity contribution in [3.05, 3.63) is 52.0 Å². The van der Waals surface area contributed by atoms with Crippen molar-refractivity contribution < 1.29 is 4.79 Å². The van der Waals surface area contributed by atoms with E-state index in [2.05, 4.69) is 5.32 Å². The maximum absolute atomic E-state index is 12.1. The first-order valence-electron chi connectivity index (χ1n) is 6.21. The highest BCUT2D eigenvalue weighted by molar-refractivity contribution is 6.34. The van der Waals surface area contributed by atoms with Gasteiger partial charge in [0.25, 0.3) is 5.91 Å². The van der Waals surface area contributed by atoms with Crippen molar-refractivity contribution in [3.63, 3.8) is 0 Å². The minimum Gasteiger partial charge on any atom is -0.398 e. The Labute approximate surface area is 133 Å². The van der Waals surface area contributed by atoms with Crippen LogP contribution in [0.5, 0.6) is 0 Å². The Morgan fingerprint density at radius 3 is 2.38 bits per heavy atom. The van der Waals surface area contributed by atoms with Gasteiger partial charge in [-0.2, -0.15) is 0 Å². The lowest BCUT2D eigenvalue weighted by molar-refractivity contribution is 0.102. The average Bonchev–Trinajstić information content (AvgIpc) is 2.41. The van der Waals surface area contributed by atoms with Crippen LogP contribution in [0.15, 0.2) is 36.4 Å². The molecule has 0 aromatic heterocycles. The van der Waals surface area contributed by atoms with Crippen LogP contribution >= 0.6 is 23.2 Å². The Bertz CT molecular complexity index is 687. The number of amides is 1. The van der Waals surface area contributed by atoms with Crippen molar-refractivity contribution in [2.24, 2.45) is 0 Å². The van der Waals surface area contributed by atoms with Gasteiger partial charge in [0, 0.05) is 25.3 Å². The van der Waals surface area contributed by atoms with Crippen LogP contribution in [-0.4, -0.2) is 20.0 Å². The molecule has 1 amide bonds. The number of anilines is 3. The third kappa shape index (κ3) is 3.60. The van der Waals surface area contributed by atoms with Crippen LogP contribution < -0.4 is 16.0 Å². The number of rotatable bonds is 3. The summed E-state index contributed by atoms with van der Waals surface area (Å²) in [6.07, 6.45) is 0. The Kier molecular flexibility index (Phi) is 4.60. The molecule has 110 valence electrons. The number of nitrogens with zero attached hydrogens (tertiary/aromatic N) is 1. The minimum atomic E-state index is -0.273. The summed E-state index contributed by atoms with van der Waals surface area (Å²) in [6, 6.07) is 10.1. The summed E-state index contributed by atoms with van der Waals surface area (Å²) in [5.74, 6) is -0.273. The molecule has 0 aliphatic carbocycles. The predicted octanol–water partition coefficient (Wildman–Crippen LogP) is 3.89. The second-order valence-electron chi connectivity index (χ2n) is 4.75. The fraction of sp³-hybridized carbons (Fsp3) is 0.133. The molecule has 0 radical (unpaired) electrons. The van der Waals surface area contributed by atoms with Gasteiger partial charge in [0.15, 0.2) is 0 Å². The van der Waals surface area contributed by atoms with E-state index in [-0.39, 0.29) is 5.91 Å². The molecule has 2 aromatic carbocycles. The Morgan fingerprint density at radius 1 is 1.10 bits per heavy atom. The number of nitrogen functional groups attached to an aromatic ring is 1. The first kappa shape index (κ1) is 15.5. The zero-order chi connectivity index (χ0) is 15.6. The first-order valence-corrected chi connectivity index (χ1v) is 6.97. The van der Waals surface area contributed by atoms with E-state index in [1.807, 2.05) is 25.1 Å². The summed E-state index contributed by atoms with van der Waals surface area (Å²) in [6.45, 7) is 0. The van der Waals surface area contributed by atoms with Crippen molar-refractivity contribution in [1.29, 1.82) is 0 Å². The predicted molar refractivity (Wildman–Crippen MR) is 89.6 cm³/mol. The monoisotopic (exact) mass is 323 g/mol. The van der Waals surface area contributed by atoms with Crippen molar-refractivity contribution >= 4 is 46.2 Å².